The van der Waals surface area contributed by atoms with E-state index in [-0.39, 0.29) is 32.1 Å². The van der Waals surface area contributed by atoms with Crippen LogP contribution in [0.25, 0.3) is 44.4 Å². The maximum atomic E-state index is 14.8. The van der Waals surface area contributed by atoms with Crippen LogP contribution in [0.15, 0.2) is 101 Å². The summed E-state index contributed by atoms with van der Waals surface area (Å²) in [6.45, 7) is 0. The van der Waals surface area contributed by atoms with Gasteiger partial charge in [-0.1, -0.05) is 48.0 Å². The Bertz CT molecular complexity index is 2290. The molecule has 224 valence electrons. The van der Waals surface area contributed by atoms with Crippen LogP contribution in [-0.4, -0.2) is 23.5 Å². The SMILES string of the molecule is N#Cc1sccc1-c1c(-c2cccc(-c3ccc(C(=O)O)cc3Cl)c2)n(S(=O)(=O)c2ccc(C(F)I)cc2)c2ccc(F)cc12. The van der Waals surface area contributed by atoms with E-state index in [4.69, 9.17) is 11.6 Å². The number of halogens is 4. The minimum absolute atomic E-state index is 0.00425. The highest BCUT2D eigenvalue weighted by atomic mass is 127. The molecule has 0 bridgehead atoms. The first-order valence-corrected chi connectivity index (χ1v) is 17.0. The maximum Gasteiger partial charge on any atom is 0.335 e. The monoisotopic (exact) mass is 770 g/mol. The molecule has 6 aromatic rings. The van der Waals surface area contributed by atoms with Gasteiger partial charge in [0.15, 0.2) is 4.18 Å². The van der Waals surface area contributed by atoms with Gasteiger partial charge in [0.2, 0.25) is 0 Å². The fourth-order valence-corrected chi connectivity index (χ4v) is 8.16. The number of aromatic carboxylic acids is 1. The number of hydrogen-bond acceptors (Lipinski definition) is 5. The lowest BCUT2D eigenvalue weighted by Gasteiger charge is -2.15. The summed E-state index contributed by atoms with van der Waals surface area (Å²) in [5.74, 6) is -1.74. The van der Waals surface area contributed by atoms with Gasteiger partial charge in [0.05, 0.1) is 21.7 Å². The van der Waals surface area contributed by atoms with Gasteiger partial charge < -0.3 is 5.11 Å². The molecule has 0 aliphatic carbocycles. The average Bonchev–Trinajstić information content (AvgIpc) is 3.63. The normalized spacial score (nSPS) is 12.2. The zero-order chi connectivity index (χ0) is 32.0. The molecule has 6 rings (SSSR count). The third-order valence-corrected chi connectivity index (χ3v) is 10.8. The van der Waals surface area contributed by atoms with Crippen molar-refractivity contribution in [3.63, 3.8) is 0 Å². The molecule has 45 heavy (non-hydrogen) atoms. The molecular formula is C33H18ClF2IN2O4S2. The van der Waals surface area contributed by atoms with Crippen molar-refractivity contribution in [3.05, 3.63) is 123 Å². The van der Waals surface area contributed by atoms with Gasteiger partial charge in [0.1, 0.15) is 16.8 Å². The molecule has 0 spiro atoms. The molecule has 0 amide bonds. The van der Waals surface area contributed by atoms with Gasteiger partial charge >= 0.3 is 5.97 Å². The molecule has 1 atom stereocenters. The van der Waals surface area contributed by atoms with Crippen LogP contribution in [0.4, 0.5) is 8.78 Å². The molecule has 1 unspecified atom stereocenters. The van der Waals surface area contributed by atoms with Crippen LogP contribution < -0.4 is 0 Å². The Kier molecular flexibility index (Phi) is 8.26. The Hall–Kier alpha value is -4.09. The molecule has 4 aromatic carbocycles. The summed E-state index contributed by atoms with van der Waals surface area (Å²) >= 11 is 9.25. The van der Waals surface area contributed by atoms with E-state index in [1.54, 1.807) is 64.4 Å². The topological polar surface area (TPSA) is 100 Å². The number of carbonyl (C=O) groups is 1. The number of nitriles is 1. The van der Waals surface area contributed by atoms with E-state index < -0.39 is 26.0 Å². The lowest BCUT2D eigenvalue weighted by Crippen LogP contribution is -2.14. The Morgan fingerprint density at radius 1 is 0.978 bits per heavy atom. The van der Waals surface area contributed by atoms with Crippen LogP contribution in [0.3, 0.4) is 0 Å². The fraction of sp³-hybridized carbons (Fsp3) is 0.0303. The van der Waals surface area contributed by atoms with E-state index in [0.717, 1.165) is 10.0 Å². The molecular weight excluding hydrogens is 753 g/mol. The third-order valence-electron chi connectivity index (χ3n) is 7.26. The Morgan fingerprint density at radius 3 is 2.38 bits per heavy atom. The lowest BCUT2D eigenvalue weighted by molar-refractivity contribution is 0.0697. The summed E-state index contributed by atoms with van der Waals surface area (Å²) in [5, 5.41) is 21.4. The molecule has 1 N–H and O–H groups in total. The minimum atomic E-state index is -4.39. The van der Waals surface area contributed by atoms with Crippen LogP contribution >= 0.6 is 45.5 Å². The molecule has 0 saturated heterocycles. The van der Waals surface area contributed by atoms with E-state index in [1.807, 2.05) is 0 Å². The molecule has 0 aliphatic heterocycles. The molecule has 6 nitrogen and oxygen atoms in total. The first kappa shape index (κ1) is 30.9. The molecule has 2 aromatic heterocycles. The van der Waals surface area contributed by atoms with Crippen LogP contribution in [0.1, 0.15) is 25.0 Å². The van der Waals surface area contributed by atoms with Crippen molar-refractivity contribution >= 4 is 72.4 Å². The minimum Gasteiger partial charge on any atom is -0.478 e. The number of fused-ring (bicyclic) bond motifs is 1. The molecule has 0 radical (unpaired) electrons. The number of rotatable bonds is 7. The predicted octanol–water partition coefficient (Wildman–Crippen LogP) is 9.71. The second-order valence-electron chi connectivity index (χ2n) is 9.88. The number of hydrogen-bond donors (Lipinski definition) is 1. The van der Waals surface area contributed by atoms with Crippen molar-refractivity contribution in [2.24, 2.45) is 0 Å². The Balaban J connectivity index is 1.70. The average molecular weight is 771 g/mol. The van der Waals surface area contributed by atoms with E-state index in [1.165, 1.54) is 59.9 Å². The highest BCUT2D eigenvalue weighted by Crippen LogP contribution is 2.46. The number of thiophene rings is 1. The quantitative estimate of drug-likeness (QED) is 0.129. The zero-order valence-corrected chi connectivity index (χ0v) is 27.3. The van der Waals surface area contributed by atoms with Gasteiger partial charge in [0, 0.05) is 32.7 Å². The van der Waals surface area contributed by atoms with Crippen molar-refractivity contribution in [3.8, 4) is 39.6 Å². The fourth-order valence-electron chi connectivity index (χ4n) is 5.22. The van der Waals surface area contributed by atoms with Crippen molar-refractivity contribution in [2.75, 3.05) is 0 Å². The van der Waals surface area contributed by atoms with Gasteiger partial charge in [0.25, 0.3) is 10.0 Å². The summed E-state index contributed by atoms with van der Waals surface area (Å²) in [5.41, 5.74) is 2.88. The van der Waals surface area contributed by atoms with Gasteiger partial charge in [-0.15, -0.1) is 11.3 Å². The maximum absolute atomic E-state index is 14.8. The first-order chi connectivity index (χ1) is 21.5. The van der Waals surface area contributed by atoms with E-state index >= 15 is 0 Å². The van der Waals surface area contributed by atoms with Gasteiger partial charge in [-0.05, 0) is 93.7 Å². The summed E-state index contributed by atoms with van der Waals surface area (Å²) in [4.78, 5) is 11.7. The highest BCUT2D eigenvalue weighted by molar-refractivity contribution is 14.1. The van der Waals surface area contributed by atoms with Crippen molar-refractivity contribution < 1.29 is 27.1 Å². The number of carboxylic acid groups (broad SMARTS) is 1. The second-order valence-corrected chi connectivity index (χ2v) is 14.1. The standard InChI is InChI=1S/C33H18ClF2IN2O4S2/c34-27-15-21(33(40)41)6-10-24(27)19-2-1-3-20(14-19)31-30(25-12-13-44-29(25)17-38)26-16-22(35)7-11-28(26)39(31)45(42,43)23-8-4-18(5-9-23)32(36)37/h1-16,32H,(H,40,41). The zero-order valence-electron chi connectivity index (χ0n) is 22.7. The number of nitrogens with zero attached hydrogens (tertiary/aromatic N) is 2. The van der Waals surface area contributed by atoms with Crippen molar-refractivity contribution in [2.45, 2.75) is 9.07 Å². The Labute approximate surface area is 279 Å². The number of benzene rings is 4. The van der Waals surface area contributed by atoms with Crippen molar-refractivity contribution in [1.82, 2.24) is 3.97 Å². The molecule has 0 saturated carbocycles. The first-order valence-electron chi connectivity index (χ1n) is 13.1. The van der Waals surface area contributed by atoms with E-state index in [9.17, 15) is 32.4 Å². The predicted molar refractivity (Wildman–Crippen MR) is 180 cm³/mol. The third kappa shape index (κ3) is 5.52. The van der Waals surface area contributed by atoms with Gasteiger partial charge in [-0.2, -0.15) is 5.26 Å². The van der Waals surface area contributed by atoms with Crippen LogP contribution in [0, 0.1) is 17.1 Å². The number of alkyl halides is 2. The van der Waals surface area contributed by atoms with Crippen molar-refractivity contribution in [1.29, 1.82) is 5.26 Å². The number of carboxylic acids is 1. The number of aromatic nitrogens is 1. The summed E-state index contributed by atoms with van der Waals surface area (Å²) in [6.07, 6.45) is 0. The lowest BCUT2D eigenvalue weighted by atomic mass is 9.96. The van der Waals surface area contributed by atoms with Crippen LogP contribution in [0.5, 0.6) is 0 Å². The second kappa shape index (κ2) is 12.0. The smallest absolute Gasteiger partial charge is 0.335 e. The summed E-state index contributed by atoms with van der Waals surface area (Å²) in [6, 6.07) is 24.2. The van der Waals surface area contributed by atoms with Crippen LogP contribution in [-0.2, 0) is 10.0 Å². The van der Waals surface area contributed by atoms with E-state index in [2.05, 4.69) is 6.07 Å². The summed E-state index contributed by atoms with van der Waals surface area (Å²) in [7, 11) is -4.39. The summed E-state index contributed by atoms with van der Waals surface area (Å²) < 4.78 is 57.5. The molecule has 12 heteroatoms. The molecule has 0 fully saturated rings. The van der Waals surface area contributed by atoms with Gasteiger partial charge in [-0.25, -0.2) is 26.0 Å². The Morgan fingerprint density at radius 2 is 1.71 bits per heavy atom. The van der Waals surface area contributed by atoms with Gasteiger partial charge in [-0.3, -0.25) is 0 Å². The van der Waals surface area contributed by atoms with Crippen LogP contribution in [0.2, 0.25) is 5.02 Å². The van der Waals surface area contributed by atoms with E-state index in [0.29, 0.717) is 38.3 Å². The molecule has 2 heterocycles. The largest absolute Gasteiger partial charge is 0.478 e. The molecule has 0 aliphatic rings. The highest BCUT2D eigenvalue weighted by Gasteiger charge is 2.30.